The zero-order valence-corrected chi connectivity index (χ0v) is 10.2. The van der Waals surface area contributed by atoms with Crippen molar-refractivity contribution in [1.29, 1.82) is 0 Å². The number of aliphatic hydroxyl groups is 2. The first-order chi connectivity index (χ1) is 7.85. The van der Waals surface area contributed by atoms with Crippen LogP contribution in [0.5, 0.6) is 0 Å². The van der Waals surface area contributed by atoms with Crippen molar-refractivity contribution in [2.24, 2.45) is 0 Å². The highest BCUT2D eigenvalue weighted by molar-refractivity contribution is 5.90. The molecular weight excluding hydrogens is 224 g/mol. The maximum atomic E-state index is 11.6. The van der Waals surface area contributed by atoms with Crippen LogP contribution in [0.3, 0.4) is 0 Å². The van der Waals surface area contributed by atoms with Gasteiger partial charge in [0.25, 0.3) is 5.91 Å². The molecule has 1 atom stereocenters. The number of rotatable bonds is 5. The van der Waals surface area contributed by atoms with E-state index in [-0.39, 0.29) is 18.3 Å². The summed E-state index contributed by atoms with van der Waals surface area (Å²) in [6.45, 7) is 4.79. The van der Waals surface area contributed by atoms with E-state index in [2.05, 4.69) is 20.5 Å². The maximum Gasteiger partial charge on any atom is 0.291 e. The first-order valence-electron chi connectivity index (χ1n) is 5.39. The van der Waals surface area contributed by atoms with E-state index in [1.165, 1.54) is 6.92 Å². The largest absolute Gasteiger partial charge is 0.393 e. The van der Waals surface area contributed by atoms with Crippen LogP contribution in [-0.4, -0.2) is 50.1 Å². The number of H-pyrrole nitrogens is 1. The molecule has 0 radical (unpaired) electrons. The predicted molar refractivity (Wildman–Crippen MR) is 60.5 cm³/mol. The number of hydrogen-bond donors (Lipinski definition) is 4. The maximum absolute atomic E-state index is 11.6. The van der Waals surface area contributed by atoms with Crippen molar-refractivity contribution in [3.8, 4) is 0 Å². The molecule has 0 fully saturated rings. The van der Waals surface area contributed by atoms with Gasteiger partial charge in [-0.25, -0.2) is 4.98 Å². The predicted octanol–water partition coefficient (Wildman–Crippen LogP) is -0.599. The van der Waals surface area contributed by atoms with E-state index in [1.54, 1.807) is 0 Å². The molecule has 1 heterocycles. The number of aliphatic hydroxyl groups excluding tert-OH is 1. The Morgan fingerprint density at radius 2 is 2.24 bits per heavy atom. The molecule has 0 aliphatic carbocycles. The van der Waals surface area contributed by atoms with Gasteiger partial charge in [-0.1, -0.05) is 13.8 Å². The van der Waals surface area contributed by atoms with Gasteiger partial charge in [0.2, 0.25) is 5.82 Å². The van der Waals surface area contributed by atoms with E-state index in [4.69, 9.17) is 5.11 Å². The fourth-order valence-electron chi connectivity index (χ4n) is 1.04. The van der Waals surface area contributed by atoms with Gasteiger partial charge < -0.3 is 15.5 Å². The molecule has 17 heavy (non-hydrogen) atoms. The zero-order valence-electron chi connectivity index (χ0n) is 10.2. The monoisotopic (exact) mass is 242 g/mol. The van der Waals surface area contributed by atoms with Crippen molar-refractivity contribution in [3.05, 3.63) is 11.6 Å². The fourth-order valence-corrected chi connectivity index (χ4v) is 1.04. The summed E-state index contributed by atoms with van der Waals surface area (Å²) in [7, 11) is 0. The quantitative estimate of drug-likeness (QED) is 0.551. The molecule has 1 aromatic heterocycles. The van der Waals surface area contributed by atoms with Crippen LogP contribution in [0.15, 0.2) is 0 Å². The lowest BCUT2D eigenvalue weighted by Gasteiger charge is -2.19. The Bertz CT molecular complexity index is 387. The molecule has 1 rings (SSSR count). The van der Waals surface area contributed by atoms with Crippen LogP contribution in [0.4, 0.5) is 0 Å². The second kappa shape index (κ2) is 5.24. The molecular formula is C10H18N4O3. The third-order valence-corrected chi connectivity index (χ3v) is 2.22. The van der Waals surface area contributed by atoms with Gasteiger partial charge in [-0.15, -0.1) is 5.10 Å². The van der Waals surface area contributed by atoms with E-state index in [1.807, 2.05) is 13.8 Å². The molecule has 1 aromatic rings. The van der Waals surface area contributed by atoms with Gasteiger partial charge in [-0.2, -0.15) is 0 Å². The summed E-state index contributed by atoms with van der Waals surface area (Å²) < 4.78 is 0. The number of nitrogens with one attached hydrogen (secondary N) is 2. The number of aromatic amines is 1. The normalized spacial score (nSPS) is 14.7. The summed E-state index contributed by atoms with van der Waals surface area (Å²) in [5, 5.41) is 27.2. The van der Waals surface area contributed by atoms with Crippen molar-refractivity contribution in [2.45, 2.75) is 32.3 Å². The average Bonchev–Trinajstić information content (AvgIpc) is 2.75. The van der Waals surface area contributed by atoms with Crippen LogP contribution in [0.2, 0.25) is 0 Å². The smallest absolute Gasteiger partial charge is 0.291 e. The minimum Gasteiger partial charge on any atom is -0.393 e. The van der Waals surface area contributed by atoms with Gasteiger partial charge in [0.05, 0.1) is 6.61 Å². The third-order valence-electron chi connectivity index (χ3n) is 2.22. The van der Waals surface area contributed by atoms with Gasteiger partial charge in [0, 0.05) is 12.5 Å². The molecule has 0 bridgehead atoms. The summed E-state index contributed by atoms with van der Waals surface area (Å²) >= 11 is 0. The molecule has 7 nitrogen and oxygen atoms in total. The van der Waals surface area contributed by atoms with Crippen LogP contribution < -0.4 is 5.32 Å². The Kier molecular flexibility index (Phi) is 4.19. The van der Waals surface area contributed by atoms with Crippen molar-refractivity contribution in [1.82, 2.24) is 20.5 Å². The van der Waals surface area contributed by atoms with E-state index in [0.29, 0.717) is 5.82 Å². The Morgan fingerprint density at radius 3 is 2.71 bits per heavy atom. The lowest BCUT2D eigenvalue weighted by molar-refractivity contribution is 0.00312. The average molecular weight is 242 g/mol. The summed E-state index contributed by atoms with van der Waals surface area (Å²) in [5.41, 5.74) is -1.34. The van der Waals surface area contributed by atoms with Crippen LogP contribution in [0.25, 0.3) is 0 Å². The SMILES string of the molecule is CC(C)c1nc(C(=O)NCC(C)(O)CO)n[nH]1. The van der Waals surface area contributed by atoms with Crippen molar-refractivity contribution in [3.63, 3.8) is 0 Å². The van der Waals surface area contributed by atoms with Crippen molar-refractivity contribution < 1.29 is 15.0 Å². The lowest BCUT2D eigenvalue weighted by Crippen LogP contribution is -2.43. The topological polar surface area (TPSA) is 111 Å². The van der Waals surface area contributed by atoms with Crippen LogP contribution in [0, 0.1) is 0 Å². The standard InChI is InChI=1S/C10H18N4O3/c1-6(2)7-12-8(14-13-7)9(16)11-4-10(3,17)5-15/h6,15,17H,4-5H2,1-3H3,(H,11,16)(H,12,13,14). The molecule has 4 N–H and O–H groups in total. The van der Waals surface area contributed by atoms with E-state index in [0.717, 1.165) is 0 Å². The van der Waals surface area contributed by atoms with Gasteiger partial charge in [-0.05, 0) is 6.92 Å². The number of hydrogen-bond acceptors (Lipinski definition) is 5. The molecule has 0 aromatic carbocycles. The summed E-state index contributed by atoms with van der Waals surface area (Å²) in [6.07, 6.45) is 0. The van der Waals surface area contributed by atoms with Crippen LogP contribution >= 0.6 is 0 Å². The Labute approximate surface area is 99.3 Å². The van der Waals surface area contributed by atoms with Gasteiger partial charge in [0.15, 0.2) is 0 Å². The molecule has 0 saturated carbocycles. The molecule has 1 amide bonds. The van der Waals surface area contributed by atoms with Crippen molar-refractivity contribution >= 4 is 5.91 Å². The van der Waals surface area contributed by atoms with Crippen LogP contribution in [0.1, 0.15) is 43.1 Å². The molecule has 0 spiro atoms. The third kappa shape index (κ3) is 3.79. The fraction of sp³-hybridized carbons (Fsp3) is 0.700. The lowest BCUT2D eigenvalue weighted by atomic mass is 10.1. The highest BCUT2D eigenvalue weighted by atomic mass is 16.3. The summed E-state index contributed by atoms with van der Waals surface area (Å²) in [6, 6.07) is 0. The van der Waals surface area contributed by atoms with Crippen molar-refractivity contribution in [2.75, 3.05) is 13.2 Å². The van der Waals surface area contributed by atoms with Gasteiger partial charge in [-0.3, -0.25) is 9.89 Å². The molecule has 0 saturated heterocycles. The minimum absolute atomic E-state index is 0.0300. The summed E-state index contributed by atoms with van der Waals surface area (Å²) in [4.78, 5) is 15.6. The minimum atomic E-state index is -1.34. The highest BCUT2D eigenvalue weighted by Crippen LogP contribution is 2.07. The number of nitrogens with zero attached hydrogens (tertiary/aromatic N) is 2. The number of carbonyl (C=O) groups is 1. The Morgan fingerprint density at radius 1 is 1.59 bits per heavy atom. The number of amides is 1. The molecule has 96 valence electrons. The van der Waals surface area contributed by atoms with E-state index >= 15 is 0 Å². The summed E-state index contributed by atoms with van der Waals surface area (Å²) in [5.74, 6) is 0.331. The highest BCUT2D eigenvalue weighted by Gasteiger charge is 2.21. The molecule has 7 heteroatoms. The number of aromatic nitrogens is 3. The zero-order chi connectivity index (χ0) is 13.1. The molecule has 1 unspecified atom stereocenters. The first kappa shape index (κ1) is 13.6. The second-order valence-corrected chi connectivity index (χ2v) is 4.54. The van der Waals surface area contributed by atoms with Crippen LogP contribution in [-0.2, 0) is 0 Å². The van der Waals surface area contributed by atoms with Gasteiger partial charge >= 0.3 is 0 Å². The Balaban J connectivity index is 2.58. The first-order valence-corrected chi connectivity index (χ1v) is 5.39. The van der Waals surface area contributed by atoms with E-state index in [9.17, 15) is 9.90 Å². The Hall–Kier alpha value is -1.47. The van der Waals surface area contributed by atoms with E-state index < -0.39 is 18.1 Å². The second-order valence-electron chi connectivity index (χ2n) is 4.54. The number of carbonyl (C=O) groups excluding carboxylic acids is 1. The van der Waals surface area contributed by atoms with Gasteiger partial charge in [0.1, 0.15) is 11.4 Å². The molecule has 0 aliphatic heterocycles. The molecule has 0 aliphatic rings.